The van der Waals surface area contributed by atoms with Crippen LogP contribution in [0, 0.1) is 11.7 Å². The number of hydrogen-bond acceptors (Lipinski definition) is 3. The summed E-state index contributed by atoms with van der Waals surface area (Å²) in [5.74, 6) is -0.452. The first-order valence-electron chi connectivity index (χ1n) is 10.0. The van der Waals surface area contributed by atoms with Crippen molar-refractivity contribution in [1.29, 1.82) is 0 Å². The fourth-order valence-electron chi connectivity index (χ4n) is 3.82. The summed E-state index contributed by atoms with van der Waals surface area (Å²) in [5.41, 5.74) is 9.25. The van der Waals surface area contributed by atoms with Crippen LogP contribution in [0.1, 0.15) is 29.8 Å². The number of hydrogen-bond donors (Lipinski definition) is 1. The lowest BCUT2D eigenvalue weighted by Crippen LogP contribution is -2.30. The molecule has 0 aliphatic heterocycles. The highest BCUT2D eigenvalue weighted by Gasteiger charge is 2.27. The van der Waals surface area contributed by atoms with E-state index in [4.69, 9.17) is 10.7 Å². The van der Waals surface area contributed by atoms with Gasteiger partial charge >= 0.3 is 0 Å². The molecule has 0 spiro atoms. The molecule has 0 aliphatic carbocycles. The number of benzene rings is 2. The smallest absolute Gasteiger partial charge is 0.221 e. The van der Waals surface area contributed by atoms with Gasteiger partial charge < -0.3 is 10.3 Å². The molecule has 5 nitrogen and oxygen atoms in total. The van der Waals surface area contributed by atoms with Crippen molar-refractivity contribution in [2.45, 2.75) is 25.8 Å². The Labute approximate surface area is 188 Å². The van der Waals surface area contributed by atoms with Crippen molar-refractivity contribution in [3.8, 4) is 0 Å². The van der Waals surface area contributed by atoms with Crippen LogP contribution in [0.15, 0.2) is 71.3 Å². The average molecular weight is 481 g/mol. The Hall–Kier alpha value is -3.06. The van der Waals surface area contributed by atoms with Crippen LogP contribution in [-0.2, 0) is 17.8 Å². The molecule has 2 heterocycles. The number of primary amides is 1. The Kier molecular flexibility index (Phi) is 6.13. The Morgan fingerprint density at radius 3 is 2.52 bits per heavy atom. The van der Waals surface area contributed by atoms with E-state index in [-0.39, 0.29) is 17.6 Å². The third-order valence-corrected chi connectivity index (χ3v) is 6.13. The van der Waals surface area contributed by atoms with E-state index in [9.17, 15) is 9.18 Å². The third kappa shape index (κ3) is 4.66. The molecule has 4 rings (SSSR count). The van der Waals surface area contributed by atoms with Gasteiger partial charge in [0, 0.05) is 17.1 Å². The first-order chi connectivity index (χ1) is 14.9. The molecule has 0 radical (unpaired) electrons. The van der Waals surface area contributed by atoms with E-state index < -0.39 is 5.92 Å². The molecule has 0 aliphatic rings. The molecular weight excluding hydrogens is 459 g/mol. The summed E-state index contributed by atoms with van der Waals surface area (Å²) < 4.78 is 16.3. The van der Waals surface area contributed by atoms with Gasteiger partial charge in [0.25, 0.3) is 0 Å². The molecule has 0 bridgehead atoms. The van der Waals surface area contributed by atoms with E-state index in [0.29, 0.717) is 13.0 Å². The second kappa shape index (κ2) is 8.98. The molecule has 0 saturated heterocycles. The highest BCUT2D eigenvalue weighted by Crippen LogP contribution is 2.29. The van der Waals surface area contributed by atoms with Crippen LogP contribution in [-0.4, -0.2) is 20.4 Å². The van der Waals surface area contributed by atoms with Gasteiger partial charge in [-0.25, -0.2) is 14.4 Å². The van der Waals surface area contributed by atoms with Crippen LogP contribution in [0.2, 0.25) is 0 Å². The molecule has 1 amide bonds. The number of carbonyl (C=O) groups is 1. The van der Waals surface area contributed by atoms with Crippen LogP contribution >= 0.6 is 15.9 Å². The first-order valence-corrected chi connectivity index (χ1v) is 10.8. The monoisotopic (exact) mass is 480 g/mol. The van der Waals surface area contributed by atoms with Gasteiger partial charge in [-0.1, -0.05) is 47.1 Å². The van der Waals surface area contributed by atoms with Gasteiger partial charge in [-0.05, 0) is 53.4 Å². The lowest BCUT2D eigenvalue weighted by molar-refractivity contribution is -0.122. The zero-order valence-electron chi connectivity index (χ0n) is 17.0. The molecule has 7 heteroatoms. The van der Waals surface area contributed by atoms with Crippen molar-refractivity contribution in [3.63, 3.8) is 0 Å². The van der Waals surface area contributed by atoms with Gasteiger partial charge in [0.1, 0.15) is 17.2 Å². The predicted molar refractivity (Wildman–Crippen MR) is 122 cm³/mol. The zero-order chi connectivity index (χ0) is 22.0. The maximum absolute atomic E-state index is 13.3. The summed E-state index contributed by atoms with van der Waals surface area (Å²) in [7, 11) is 0. The van der Waals surface area contributed by atoms with Crippen LogP contribution in [0.5, 0.6) is 0 Å². The van der Waals surface area contributed by atoms with Crippen LogP contribution in [0.4, 0.5) is 4.39 Å². The summed E-state index contributed by atoms with van der Waals surface area (Å²) in [6.07, 6.45) is 2.09. The topological polar surface area (TPSA) is 73.8 Å². The molecule has 158 valence electrons. The van der Waals surface area contributed by atoms with Gasteiger partial charge in [-0.2, -0.15) is 0 Å². The number of halogens is 2. The number of nitrogens with zero attached hydrogens (tertiary/aromatic N) is 3. The number of pyridine rings is 1. The van der Waals surface area contributed by atoms with E-state index in [1.54, 1.807) is 18.3 Å². The summed E-state index contributed by atoms with van der Waals surface area (Å²) in [6.45, 7) is 2.48. The number of aromatic nitrogens is 3. The van der Waals surface area contributed by atoms with Crippen LogP contribution in [0.25, 0.3) is 11.2 Å². The van der Waals surface area contributed by atoms with E-state index in [1.165, 1.54) is 12.1 Å². The lowest BCUT2D eigenvalue weighted by atomic mass is 9.84. The fourth-order valence-corrected chi connectivity index (χ4v) is 4.08. The van der Waals surface area contributed by atoms with Crippen molar-refractivity contribution >= 4 is 33.0 Å². The van der Waals surface area contributed by atoms with Crippen molar-refractivity contribution in [2.24, 2.45) is 11.7 Å². The van der Waals surface area contributed by atoms with E-state index in [2.05, 4.69) is 20.9 Å². The Bertz CT molecular complexity index is 1200. The SMILES string of the molecule is C[C@H](c1ccc(Br)cc1)C(Cc1nc2cccnc2n1Cc1ccc(F)cc1)C(N)=O. The van der Waals surface area contributed by atoms with E-state index in [1.807, 2.05) is 47.9 Å². The number of imidazole rings is 1. The van der Waals surface area contributed by atoms with Crippen molar-refractivity contribution < 1.29 is 9.18 Å². The van der Waals surface area contributed by atoms with E-state index >= 15 is 0 Å². The largest absolute Gasteiger partial charge is 0.369 e. The number of fused-ring (bicyclic) bond motifs is 1. The Balaban J connectivity index is 1.70. The molecule has 0 fully saturated rings. The molecular formula is C24H22BrFN4O. The van der Waals surface area contributed by atoms with Gasteiger partial charge in [0.2, 0.25) is 5.91 Å². The second-order valence-electron chi connectivity index (χ2n) is 7.64. The number of rotatable bonds is 7. The van der Waals surface area contributed by atoms with Gasteiger partial charge in [0.05, 0.1) is 12.5 Å². The minimum Gasteiger partial charge on any atom is -0.369 e. The third-order valence-electron chi connectivity index (χ3n) is 5.60. The maximum atomic E-state index is 13.3. The molecule has 2 N–H and O–H groups in total. The summed E-state index contributed by atoms with van der Waals surface area (Å²) >= 11 is 3.44. The van der Waals surface area contributed by atoms with Crippen LogP contribution in [0.3, 0.4) is 0 Å². The van der Waals surface area contributed by atoms with Gasteiger partial charge in [-0.15, -0.1) is 0 Å². The number of carbonyl (C=O) groups excluding carboxylic acids is 1. The highest BCUT2D eigenvalue weighted by atomic mass is 79.9. The molecule has 2 atom stereocenters. The number of amides is 1. The Morgan fingerprint density at radius 2 is 1.84 bits per heavy atom. The highest BCUT2D eigenvalue weighted by molar-refractivity contribution is 9.10. The van der Waals surface area contributed by atoms with Crippen molar-refractivity contribution in [2.75, 3.05) is 0 Å². The standard InChI is InChI=1S/C24H22BrFN4O/c1-15(17-6-8-18(25)9-7-17)20(23(27)31)13-22-29-21-3-2-12-28-24(21)30(22)14-16-4-10-19(26)11-5-16/h2-12,15,20H,13-14H2,1H3,(H2,27,31)/t15-,20?/m1/s1. The quantitative estimate of drug-likeness (QED) is 0.411. The molecule has 1 unspecified atom stereocenters. The zero-order valence-corrected chi connectivity index (χ0v) is 18.6. The van der Waals surface area contributed by atoms with Gasteiger partial charge in [-0.3, -0.25) is 4.79 Å². The Morgan fingerprint density at radius 1 is 1.13 bits per heavy atom. The second-order valence-corrected chi connectivity index (χ2v) is 8.56. The lowest BCUT2D eigenvalue weighted by Gasteiger charge is -2.22. The summed E-state index contributed by atoms with van der Waals surface area (Å²) in [6, 6.07) is 18.0. The summed E-state index contributed by atoms with van der Waals surface area (Å²) in [5, 5.41) is 0. The minimum absolute atomic E-state index is 0.0855. The van der Waals surface area contributed by atoms with E-state index in [0.717, 1.165) is 32.6 Å². The molecule has 4 aromatic rings. The average Bonchev–Trinajstić information content (AvgIpc) is 3.10. The van der Waals surface area contributed by atoms with Crippen molar-refractivity contribution in [3.05, 3.63) is 94.1 Å². The molecule has 2 aromatic carbocycles. The minimum atomic E-state index is -0.440. The predicted octanol–water partition coefficient (Wildman–Crippen LogP) is 4.83. The molecule has 0 saturated carbocycles. The molecule has 2 aromatic heterocycles. The number of nitrogens with two attached hydrogens (primary N) is 1. The van der Waals surface area contributed by atoms with Crippen molar-refractivity contribution in [1.82, 2.24) is 14.5 Å². The van der Waals surface area contributed by atoms with Gasteiger partial charge in [0.15, 0.2) is 5.65 Å². The fraction of sp³-hybridized carbons (Fsp3) is 0.208. The summed E-state index contributed by atoms with van der Waals surface area (Å²) in [4.78, 5) is 21.7. The maximum Gasteiger partial charge on any atom is 0.221 e. The molecule has 31 heavy (non-hydrogen) atoms. The first kappa shape index (κ1) is 21.2. The normalized spacial score (nSPS) is 13.3. The van der Waals surface area contributed by atoms with Crippen LogP contribution < -0.4 is 5.73 Å².